The van der Waals surface area contributed by atoms with E-state index < -0.39 is 0 Å². The number of rotatable bonds is 5. The van der Waals surface area contributed by atoms with E-state index in [1.54, 1.807) is 6.07 Å². The number of carbonyl (C=O) groups excluding carboxylic acids is 1. The van der Waals surface area contributed by atoms with Crippen LogP contribution in [0.4, 0.5) is 5.69 Å². The van der Waals surface area contributed by atoms with Gasteiger partial charge in [-0.1, -0.05) is 53.5 Å². The summed E-state index contributed by atoms with van der Waals surface area (Å²) in [5, 5.41) is 3.06. The van der Waals surface area contributed by atoms with Crippen LogP contribution in [0.3, 0.4) is 0 Å². The number of anilines is 1. The molecule has 0 atom stereocenters. The van der Waals surface area contributed by atoms with E-state index in [4.69, 9.17) is 32.7 Å². The molecule has 0 saturated heterocycles. The number of amides is 1. The highest BCUT2D eigenvalue weighted by Crippen LogP contribution is 2.45. The molecule has 1 amide bonds. The summed E-state index contributed by atoms with van der Waals surface area (Å²) in [5.41, 5.74) is 1.31. The predicted octanol–water partition coefficient (Wildman–Crippen LogP) is 4.54. The minimum absolute atomic E-state index is 0.202. The van der Waals surface area contributed by atoms with E-state index in [0.717, 1.165) is 5.56 Å². The van der Waals surface area contributed by atoms with E-state index >= 15 is 0 Å². The first-order valence-electron chi connectivity index (χ1n) is 6.53. The van der Waals surface area contributed by atoms with Crippen LogP contribution < -0.4 is 14.8 Å². The van der Waals surface area contributed by atoms with Crippen LogP contribution in [0.2, 0.25) is 10.0 Å². The summed E-state index contributed by atoms with van der Waals surface area (Å²) in [4.78, 5) is 11.2. The van der Waals surface area contributed by atoms with Crippen molar-refractivity contribution >= 4 is 34.8 Å². The fourth-order valence-corrected chi connectivity index (χ4v) is 2.51. The van der Waals surface area contributed by atoms with Crippen molar-refractivity contribution in [1.82, 2.24) is 0 Å². The Morgan fingerprint density at radius 1 is 1.23 bits per heavy atom. The average molecular weight is 340 g/mol. The van der Waals surface area contributed by atoms with Crippen molar-refractivity contribution in [2.45, 2.75) is 13.5 Å². The molecule has 0 aliphatic rings. The molecule has 4 nitrogen and oxygen atoms in total. The molecule has 6 heteroatoms. The number of benzene rings is 2. The second kappa shape index (κ2) is 7.38. The van der Waals surface area contributed by atoms with Crippen LogP contribution in [-0.2, 0) is 11.4 Å². The Kier molecular flexibility index (Phi) is 5.52. The summed E-state index contributed by atoms with van der Waals surface area (Å²) in [6.07, 6.45) is 0. The molecular formula is C16H15Cl2NO3. The highest BCUT2D eigenvalue weighted by Gasteiger charge is 2.18. The lowest BCUT2D eigenvalue weighted by molar-refractivity contribution is -0.114. The van der Waals surface area contributed by atoms with Crippen molar-refractivity contribution in [3.05, 3.63) is 52.0 Å². The smallest absolute Gasteiger partial charge is 0.221 e. The predicted molar refractivity (Wildman–Crippen MR) is 88.1 cm³/mol. The number of hydrogen-bond donors (Lipinski definition) is 1. The summed E-state index contributed by atoms with van der Waals surface area (Å²) in [7, 11) is 1.47. The molecule has 2 rings (SSSR count). The summed E-state index contributed by atoms with van der Waals surface area (Å²) in [6, 6.07) is 11.2. The third-order valence-corrected chi connectivity index (χ3v) is 3.54. The third kappa shape index (κ3) is 3.84. The van der Waals surface area contributed by atoms with Gasteiger partial charge >= 0.3 is 0 Å². The molecule has 0 radical (unpaired) electrons. The second-order valence-electron chi connectivity index (χ2n) is 4.53. The monoisotopic (exact) mass is 339 g/mol. The SMILES string of the molecule is COc1c(OCc2ccccc2)cc(Cl)c(NC(C)=O)c1Cl. The van der Waals surface area contributed by atoms with Crippen molar-refractivity contribution in [2.75, 3.05) is 12.4 Å². The first-order chi connectivity index (χ1) is 10.5. The topological polar surface area (TPSA) is 47.6 Å². The van der Waals surface area contributed by atoms with Crippen molar-refractivity contribution < 1.29 is 14.3 Å². The molecule has 0 heterocycles. The van der Waals surface area contributed by atoms with Crippen molar-refractivity contribution in [1.29, 1.82) is 0 Å². The lowest BCUT2D eigenvalue weighted by Gasteiger charge is -2.16. The van der Waals surface area contributed by atoms with Gasteiger partial charge in [0.05, 0.1) is 17.8 Å². The molecule has 22 heavy (non-hydrogen) atoms. The molecule has 0 aliphatic heterocycles. The molecule has 1 N–H and O–H groups in total. The van der Waals surface area contributed by atoms with Crippen LogP contribution >= 0.6 is 23.2 Å². The largest absolute Gasteiger partial charge is 0.491 e. The Labute approximate surface area is 138 Å². The molecule has 0 bridgehead atoms. The highest BCUT2D eigenvalue weighted by molar-refractivity contribution is 6.41. The minimum atomic E-state index is -0.274. The van der Waals surface area contributed by atoms with Crippen LogP contribution in [-0.4, -0.2) is 13.0 Å². The number of methoxy groups -OCH3 is 1. The van der Waals surface area contributed by atoms with Crippen LogP contribution in [0.25, 0.3) is 0 Å². The molecule has 0 unspecified atom stereocenters. The molecule has 0 aliphatic carbocycles. The molecule has 0 saturated carbocycles. The normalized spacial score (nSPS) is 10.2. The molecule has 2 aromatic rings. The number of nitrogens with one attached hydrogen (secondary N) is 1. The van der Waals surface area contributed by atoms with Gasteiger partial charge in [-0.25, -0.2) is 0 Å². The zero-order valence-corrected chi connectivity index (χ0v) is 13.7. The first-order valence-corrected chi connectivity index (χ1v) is 7.28. The third-order valence-electron chi connectivity index (χ3n) is 2.88. The maximum absolute atomic E-state index is 11.2. The van der Waals surface area contributed by atoms with Crippen LogP contribution in [0.1, 0.15) is 12.5 Å². The maximum Gasteiger partial charge on any atom is 0.221 e. The van der Waals surface area contributed by atoms with Crippen molar-refractivity contribution in [3.8, 4) is 11.5 Å². The fraction of sp³-hybridized carbons (Fsp3) is 0.188. The fourth-order valence-electron chi connectivity index (χ4n) is 1.90. The van der Waals surface area contributed by atoms with E-state index in [0.29, 0.717) is 23.8 Å². The number of carbonyl (C=O) groups is 1. The van der Waals surface area contributed by atoms with Gasteiger partial charge < -0.3 is 14.8 Å². The maximum atomic E-state index is 11.2. The van der Waals surface area contributed by atoms with Crippen LogP contribution in [0, 0.1) is 0 Å². The van der Waals surface area contributed by atoms with E-state index in [-0.39, 0.29) is 16.0 Å². The quantitative estimate of drug-likeness (QED) is 0.869. The number of ether oxygens (including phenoxy) is 2. The summed E-state index contributed by atoms with van der Waals surface area (Å²) in [6.45, 7) is 1.72. The number of halogens is 2. The van der Waals surface area contributed by atoms with Gasteiger partial charge in [-0.3, -0.25) is 4.79 Å². The lowest BCUT2D eigenvalue weighted by Crippen LogP contribution is -2.08. The summed E-state index contributed by atoms with van der Waals surface area (Å²) < 4.78 is 11.0. The molecule has 0 spiro atoms. The van der Waals surface area contributed by atoms with E-state index in [9.17, 15) is 4.79 Å². The van der Waals surface area contributed by atoms with Gasteiger partial charge in [0.2, 0.25) is 5.91 Å². The van der Waals surface area contributed by atoms with E-state index in [1.165, 1.54) is 14.0 Å². The molecule has 0 fully saturated rings. The van der Waals surface area contributed by atoms with E-state index in [1.807, 2.05) is 30.3 Å². The molecular weight excluding hydrogens is 325 g/mol. The van der Waals surface area contributed by atoms with Crippen molar-refractivity contribution in [2.24, 2.45) is 0 Å². The van der Waals surface area contributed by atoms with Gasteiger partial charge in [-0.15, -0.1) is 0 Å². The summed E-state index contributed by atoms with van der Waals surface area (Å²) >= 11 is 12.4. The Morgan fingerprint density at radius 2 is 1.91 bits per heavy atom. The Bertz CT molecular complexity index is 675. The Hall–Kier alpha value is -1.91. The second-order valence-corrected chi connectivity index (χ2v) is 5.32. The lowest BCUT2D eigenvalue weighted by atomic mass is 10.2. The molecule has 116 valence electrons. The van der Waals surface area contributed by atoms with Gasteiger partial charge in [0.25, 0.3) is 0 Å². The van der Waals surface area contributed by atoms with Crippen LogP contribution in [0.15, 0.2) is 36.4 Å². The first kappa shape index (κ1) is 16.5. The zero-order chi connectivity index (χ0) is 16.1. The molecule has 0 aromatic heterocycles. The molecule has 2 aromatic carbocycles. The summed E-state index contributed by atoms with van der Waals surface area (Å²) in [5.74, 6) is 0.463. The number of hydrogen-bond acceptors (Lipinski definition) is 3. The van der Waals surface area contributed by atoms with Crippen molar-refractivity contribution in [3.63, 3.8) is 0 Å². The van der Waals surface area contributed by atoms with Crippen LogP contribution in [0.5, 0.6) is 11.5 Å². The average Bonchev–Trinajstić information content (AvgIpc) is 2.50. The van der Waals surface area contributed by atoms with Gasteiger partial charge in [0.1, 0.15) is 11.6 Å². The highest BCUT2D eigenvalue weighted by atomic mass is 35.5. The van der Waals surface area contributed by atoms with E-state index in [2.05, 4.69) is 5.32 Å². The standard InChI is InChI=1S/C16H15Cl2NO3/c1-10(20)19-15-12(17)8-13(16(21-2)14(15)18)22-9-11-6-4-3-5-7-11/h3-8H,9H2,1-2H3,(H,19,20). The minimum Gasteiger partial charge on any atom is -0.491 e. The van der Waals surface area contributed by atoms with Gasteiger partial charge in [-0.05, 0) is 5.56 Å². The Balaban J connectivity index is 2.29. The van der Waals surface area contributed by atoms with Gasteiger partial charge in [-0.2, -0.15) is 0 Å². The Morgan fingerprint density at radius 3 is 2.50 bits per heavy atom. The van der Waals surface area contributed by atoms with Gasteiger partial charge in [0.15, 0.2) is 11.5 Å². The van der Waals surface area contributed by atoms with Gasteiger partial charge in [0, 0.05) is 13.0 Å². The zero-order valence-electron chi connectivity index (χ0n) is 12.2.